The predicted molar refractivity (Wildman–Crippen MR) is 90.1 cm³/mol. The molecule has 1 unspecified atom stereocenters. The second kappa shape index (κ2) is 9.11. The minimum atomic E-state index is 0.594. The van der Waals surface area contributed by atoms with Gasteiger partial charge in [-0.2, -0.15) is 0 Å². The lowest BCUT2D eigenvalue weighted by molar-refractivity contribution is 0.290. The molecular formula is C15H27BrN2S. The Hall–Kier alpha value is 0.1000. The fourth-order valence-corrected chi connectivity index (χ4v) is 3.70. The first-order chi connectivity index (χ1) is 9.06. The van der Waals surface area contributed by atoms with Crippen molar-refractivity contribution in [1.29, 1.82) is 0 Å². The van der Waals surface area contributed by atoms with Gasteiger partial charge in [-0.15, -0.1) is 11.3 Å². The summed E-state index contributed by atoms with van der Waals surface area (Å²) in [5.41, 5.74) is 0. The minimum Gasteiger partial charge on any atom is -0.309 e. The molecule has 4 heteroatoms. The molecule has 1 atom stereocenters. The lowest BCUT2D eigenvalue weighted by Crippen LogP contribution is -2.28. The van der Waals surface area contributed by atoms with Gasteiger partial charge in [0.25, 0.3) is 0 Å². The van der Waals surface area contributed by atoms with E-state index in [1.807, 2.05) is 11.3 Å². The summed E-state index contributed by atoms with van der Waals surface area (Å²) >= 11 is 5.45. The number of aryl methyl sites for hydroxylation is 1. The maximum absolute atomic E-state index is 3.62. The fourth-order valence-electron chi connectivity index (χ4n) is 2.14. The molecule has 0 saturated heterocycles. The zero-order valence-corrected chi connectivity index (χ0v) is 15.0. The molecule has 1 rings (SSSR count). The third kappa shape index (κ3) is 6.39. The largest absolute Gasteiger partial charge is 0.309 e. The van der Waals surface area contributed by atoms with E-state index in [-0.39, 0.29) is 0 Å². The van der Waals surface area contributed by atoms with Crippen LogP contribution in [0.1, 0.15) is 43.4 Å². The van der Waals surface area contributed by atoms with E-state index in [2.05, 4.69) is 59.9 Å². The van der Waals surface area contributed by atoms with Crippen LogP contribution in [0.2, 0.25) is 0 Å². The molecule has 2 nitrogen and oxygen atoms in total. The van der Waals surface area contributed by atoms with Gasteiger partial charge in [0, 0.05) is 26.8 Å². The van der Waals surface area contributed by atoms with E-state index in [0.717, 1.165) is 6.54 Å². The Kier molecular flexibility index (Phi) is 8.23. The highest BCUT2D eigenvalue weighted by atomic mass is 79.9. The van der Waals surface area contributed by atoms with Crippen LogP contribution in [0.5, 0.6) is 0 Å². The second-order valence-electron chi connectivity index (χ2n) is 5.07. The Balaban J connectivity index is 2.19. The van der Waals surface area contributed by atoms with Crippen LogP contribution in [0.3, 0.4) is 0 Å². The van der Waals surface area contributed by atoms with Crippen molar-refractivity contribution in [3.05, 3.63) is 20.3 Å². The van der Waals surface area contributed by atoms with Gasteiger partial charge in [0.1, 0.15) is 0 Å². The minimum absolute atomic E-state index is 0.594. The van der Waals surface area contributed by atoms with Gasteiger partial charge in [0.15, 0.2) is 0 Å². The molecule has 1 heterocycles. The number of thiophene rings is 1. The van der Waals surface area contributed by atoms with Gasteiger partial charge in [-0.05, 0) is 68.3 Å². The van der Waals surface area contributed by atoms with Crippen LogP contribution in [-0.2, 0) is 6.54 Å². The summed E-state index contributed by atoms with van der Waals surface area (Å²) in [4.78, 5) is 5.28. The lowest BCUT2D eigenvalue weighted by Gasteiger charge is -2.19. The summed E-state index contributed by atoms with van der Waals surface area (Å²) in [6.07, 6.45) is 2.53. The standard InChI is InChI=1S/C15H27BrN2S/c1-5-18(6-2)9-7-8-12(3)17-11-14-10-15(16)13(4)19-14/h10,12,17H,5-9,11H2,1-4H3. The van der Waals surface area contributed by atoms with Crippen molar-refractivity contribution in [3.8, 4) is 0 Å². The van der Waals surface area contributed by atoms with E-state index >= 15 is 0 Å². The summed E-state index contributed by atoms with van der Waals surface area (Å²) < 4.78 is 1.24. The van der Waals surface area contributed by atoms with Crippen molar-refractivity contribution < 1.29 is 0 Å². The molecule has 0 radical (unpaired) electrons. The number of halogens is 1. The molecule has 19 heavy (non-hydrogen) atoms. The molecule has 1 aromatic heterocycles. The summed E-state index contributed by atoms with van der Waals surface area (Å²) in [7, 11) is 0. The van der Waals surface area contributed by atoms with Crippen molar-refractivity contribution in [3.63, 3.8) is 0 Å². The van der Waals surface area contributed by atoms with E-state index in [1.165, 1.54) is 46.7 Å². The third-order valence-electron chi connectivity index (χ3n) is 3.54. The summed E-state index contributed by atoms with van der Waals surface area (Å²) in [5, 5.41) is 3.62. The van der Waals surface area contributed by atoms with Gasteiger partial charge < -0.3 is 10.2 Å². The highest BCUT2D eigenvalue weighted by Gasteiger charge is 2.06. The number of hydrogen-bond acceptors (Lipinski definition) is 3. The number of nitrogens with zero attached hydrogens (tertiary/aromatic N) is 1. The monoisotopic (exact) mass is 346 g/mol. The van der Waals surface area contributed by atoms with Crippen LogP contribution in [0.4, 0.5) is 0 Å². The topological polar surface area (TPSA) is 15.3 Å². The molecule has 0 fully saturated rings. The van der Waals surface area contributed by atoms with Crippen molar-refractivity contribution in [2.45, 2.75) is 53.1 Å². The highest BCUT2D eigenvalue weighted by molar-refractivity contribution is 9.10. The average molecular weight is 347 g/mol. The van der Waals surface area contributed by atoms with Gasteiger partial charge in [0.05, 0.1) is 0 Å². The van der Waals surface area contributed by atoms with Crippen molar-refractivity contribution in [1.82, 2.24) is 10.2 Å². The third-order valence-corrected chi connectivity index (χ3v) is 5.68. The smallest absolute Gasteiger partial charge is 0.0314 e. The quantitative estimate of drug-likeness (QED) is 0.711. The molecule has 0 spiro atoms. The summed E-state index contributed by atoms with van der Waals surface area (Å²) in [6.45, 7) is 13.5. The maximum Gasteiger partial charge on any atom is 0.0314 e. The average Bonchev–Trinajstić information content (AvgIpc) is 2.72. The Labute approximate surface area is 130 Å². The number of nitrogens with one attached hydrogen (secondary N) is 1. The molecule has 0 bridgehead atoms. The first-order valence-electron chi connectivity index (χ1n) is 7.27. The van der Waals surface area contributed by atoms with E-state index in [0.29, 0.717) is 6.04 Å². The van der Waals surface area contributed by atoms with Gasteiger partial charge in [0.2, 0.25) is 0 Å². The lowest BCUT2D eigenvalue weighted by atomic mass is 10.1. The molecule has 110 valence electrons. The molecule has 0 aromatic carbocycles. The Morgan fingerprint density at radius 1 is 1.37 bits per heavy atom. The first kappa shape index (κ1) is 17.2. The maximum atomic E-state index is 3.62. The van der Waals surface area contributed by atoms with Crippen LogP contribution in [-0.4, -0.2) is 30.6 Å². The van der Waals surface area contributed by atoms with Crippen molar-refractivity contribution in [2.24, 2.45) is 0 Å². The molecule has 1 N–H and O–H groups in total. The van der Waals surface area contributed by atoms with Crippen LogP contribution in [0.25, 0.3) is 0 Å². The van der Waals surface area contributed by atoms with E-state index in [1.54, 1.807) is 0 Å². The first-order valence-corrected chi connectivity index (χ1v) is 8.88. The highest BCUT2D eigenvalue weighted by Crippen LogP contribution is 2.26. The van der Waals surface area contributed by atoms with Crippen molar-refractivity contribution in [2.75, 3.05) is 19.6 Å². The fraction of sp³-hybridized carbons (Fsp3) is 0.733. The van der Waals surface area contributed by atoms with E-state index in [9.17, 15) is 0 Å². The van der Waals surface area contributed by atoms with Crippen LogP contribution in [0, 0.1) is 6.92 Å². The molecule has 1 aromatic rings. The summed E-state index contributed by atoms with van der Waals surface area (Å²) in [5.74, 6) is 0. The van der Waals surface area contributed by atoms with Gasteiger partial charge in [-0.1, -0.05) is 13.8 Å². The summed E-state index contributed by atoms with van der Waals surface area (Å²) in [6, 6.07) is 2.83. The molecule has 0 aliphatic carbocycles. The molecule has 0 aliphatic heterocycles. The molecule has 0 saturated carbocycles. The number of rotatable bonds is 9. The normalized spacial score (nSPS) is 13.2. The molecular weight excluding hydrogens is 320 g/mol. The Bertz CT molecular complexity index is 342. The van der Waals surface area contributed by atoms with E-state index < -0.39 is 0 Å². The Morgan fingerprint density at radius 3 is 2.58 bits per heavy atom. The Morgan fingerprint density at radius 2 is 2.05 bits per heavy atom. The van der Waals surface area contributed by atoms with Crippen LogP contribution in [0.15, 0.2) is 10.5 Å². The zero-order valence-electron chi connectivity index (χ0n) is 12.6. The van der Waals surface area contributed by atoms with Gasteiger partial charge >= 0.3 is 0 Å². The van der Waals surface area contributed by atoms with Gasteiger partial charge in [-0.25, -0.2) is 0 Å². The van der Waals surface area contributed by atoms with Gasteiger partial charge in [-0.3, -0.25) is 0 Å². The molecule has 0 aliphatic rings. The van der Waals surface area contributed by atoms with E-state index in [4.69, 9.17) is 0 Å². The van der Waals surface area contributed by atoms with Crippen LogP contribution >= 0.6 is 27.3 Å². The molecule has 0 amide bonds. The SMILES string of the molecule is CCN(CC)CCCC(C)NCc1cc(Br)c(C)s1. The zero-order chi connectivity index (χ0) is 14.3. The second-order valence-corrected chi connectivity index (χ2v) is 7.26. The van der Waals surface area contributed by atoms with Crippen molar-refractivity contribution >= 4 is 27.3 Å². The van der Waals surface area contributed by atoms with Crippen LogP contribution < -0.4 is 5.32 Å². The predicted octanol–water partition coefficient (Wildman–Crippen LogP) is 4.42. The number of hydrogen-bond donors (Lipinski definition) is 1.